The van der Waals surface area contributed by atoms with Crippen LogP contribution in [0.2, 0.25) is 15.1 Å². The summed E-state index contributed by atoms with van der Waals surface area (Å²) in [5.41, 5.74) is 4.73. The Morgan fingerprint density at radius 3 is 2.37 bits per heavy atom. The summed E-state index contributed by atoms with van der Waals surface area (Å²) in [6.07, 6.45) is 4.30. The topological polar surface area (TPSA) is 30.7 Å². The highest BCUT2D eigenvalue weighted by atomic mass is 35.5. The lowest BCUT2D eigenvalue weighted by atomic mass is 9.71. The van der Waals surface area contributed by atoms with E-state index in [9.17, 15) is 0 Å². The smallest absolute Gasteiger partial charge is 0.163 e. The lowest BCUT2D eigenvalue weighted by molar-refractivity contribution is 0.358. The number of halogens is 3. The van der Waals surface area contributed by atoms with Crippen molar-refractivity contribution in [1.29, 1.82) is 0 Å². The highest BCUT2D eigenvalue weighted by molar-refractivity contribution is 6.35. The minimum absolute atomic E-state index is 0.159. The molecule has 0 unspecified atom stereocenters. The van der Waals surface area contributed by atoms with Gasteiger partial charge in [-0.3, -0.25) is 0 Å². The van der Waals surface area contributed by atoms with Crippen LogP contribution in [0.3, 0.4) is 0 Å². The van der Waals surface area contributed by atoms with E-state index in [1.807, 2.05) is 41.1 Å². The first-order chi connectivity index (χ1) is 14.2. The molecule has 0 bridgehead atoms. The molecule has 3 nitrogen and oxygen atoms in total. The largest absolute Gasteiger partial charge is 0.211 e. The van der Waals surface area contributed by atoms with Crippen LogP contribution < -0.4 is 0 Å². The molecule has 30 heavy (non-hydrogen) atoms. The molecule has 1 aliphatic rings. The third kappa shape index (κ3) is 4.30. The normalized spacial score (nSPS) is 16.2. The second-order valence-corrected chi connectivity index (χ2v) is 9.82. The molecule has 0 fully saturated rings. The minimum Gasteiger partial charge on any atom is -0.211 e. The summed E-state index contributed by atoms with van der Waals surface area (Å²) in [5.74, 6) is 1.52. The summed E-state index contributed by atoms with van der Waals surface area (Å²) in [4.78, 5) is 4.93. The van der Waals surface area contributed by atoms with Gasteiger partial charge in [-0.2, -0.15) is 5.10 Å². The van der Waals surface area contributed by atoms with Gasteiger partial charge in [-0.15, -0.1) is 0 Å². The van der Waals surface area contributed by atoms with E-state index in [0.717, 1.165) is 35.7 Å². The zero-order chi connectivity index (χ0) is 21.5. The van der Waals surface area contributed by atoms with Crippen molar-refractivity contribution in [3.8, 4) is 17.1 Å². The Bertz CT molecular complexity index is 1110. The molecule has 0 aliphatic heterocycles. The quantitative estimate of drug-likeness (QED) is 0.370. The molecule has 1 aromatic heterocycles. The third-order valence-electron chi connectivity index (χ3n) is 5.91. The van der Waals surface area contributed by atoms with Crippen molar-refractivity contribution in [2.75, 3.05) is 0 Å². The molecular formula is C24H24Cl3N3. The van der Waals surface area contributed by atoms with Gasteiger partial charge in [0, 0.05) is 22.0 Å². The molecule has 3 aromatic rings. The molecule has 0 saturated carbocycles. The predicted molar refractivity (Wildman–Crippen MR) is 126 cm³/mol. The number of allylic oxidation sites excluding steroid dienone is 2. The Labute approximate surface area is 192 Å². The third-order valence-corrected chi connectivity index (χ3v) is 6.70. The molecule has 2 aromatic carbocycles. The lowest BCUT2D eigenvalue weighted by Gasteiger charge is -2.34. The molecular weight excluding hydrogens is 437 g/mol. The van der Waals surface area contributed by atoms with Crippen molar-refractivity contribution >= 4 is 34.8 Å². The number of hydrogen-bond acceptors (Lipinski definition) is 2. The van der Waals surface area contributed by atoms with E-state index in [1.165, 1.54) is 24.0 Å². The molecule has 0 atom stereocenters. The maximum Gasteiger partial charge on any atom is 0.163 e. The summed E-state index contributed by atoms with van der Waals surface area (Å²) in [6.45, 7) is 6.87. The van der Waals surface area contributed by atoms with E-state index in [2.05, 4.69) is 20.8 Å². The Kier molecular flexibility index (Phi) is 5.98. The highest BCUT2D eigenvalue weighted by Crippen LogP contribution is 2.41. The van der Waals surface area contributed by atoms with Crippen molar-refractivity contribution in [2.45, 2.75) is 46.5 Å². The van der Waals surface area contributed by atoms with E-state index in [1.54, 1.807) is 6.07 Å². The minimum atomic E-state index is 0.159. The van der Waals surface area contributed by atoms with Crippen molar-refractivity contribution < 1.29 is 0 Å². The number of rotatable bonds is 4. The van der Waals surface area contributed by atoms with Crippen molar-refractivity contribution in [3.05, 3.63) is 74.5 Å². The summed E-state index contributed by atoms with van der Waals surface area (Å²) >= 11 is 18.7. The first-order valence-corrected chi connectivity index (χ1v) is 11.2. The van der Waals surface area contributed by atoms with Crippen LogP contribution >= 0.6 is 34.8 Å². The Morgan fingerprint density at radius 1 is 1.00 bits per heavy atom. The average Bonchev–Trinajstić information content (AvgIpc) is 3.09. The van der Waals surface area contributed by atoms with E-state index in [4.69, 9.17) is 44.9 Å². The fraction of sp³-hybridized carbons (Fsp3) is 0.333. The number of aromatic nitrogens is 3. The van der Waals surface area contributed by atoms with Gasteiger partial charge >= 0.3 is 0 Å². The maximum atomic E-state index is 6.51. The van der Waals surface area contributed by atoms with Gasteiger partial charge in [-0.05, 0) is 74.1 Å². The van der Waals surface area contributed by atoms with Crippen LogP contribution in [0.4, 0.5) is 0 Å². The van der Waals surface area contributed by atoms with Gasteiger partial charge in [-0.1, -0.05) is 59.8 Å². The summed E-state index contributed by atoms with van der Waals surface area (Å²) < 4.78 is 1.81. The van der Waals surface area contributed by atoms with Crippen LogP contribution in [0, 0.1) is 5.41 Å². The fourth-order valence-electron chi connectivity index (χ4n) is 4.26. The fourth-order valence-corrected chi connectivity index (χ4v) is 4.87. The van der Waals surface area contributed by atoms with Gasteiger partial charge in [0.1, 0.15) is 0 Å². The predicted octanol–water partition coefficient (Wildman–Crippen LogP) is 7.96. The van der Waals surface area contributed by atoms with Crippen LogP contribution in [0.25, 0.3) is 17.1 Å². The summed E-state index contributed by atoms with van der Waals surface area (Å²) in [7, 11) is 0. The average molecular weight is 461 g/mol. The lowest BCUT2D eigenvalue weighted by Crippen LogP contribution is -2.22. The molecule has 0 amide bonds. The van der Waals surface area contributed by atoms with E-state index >= 15 is 0 Å². The monoisotopic (exact) mass is 459 g/mol. The van der Waals surface area contributed by atoms with Crippen LogP contribution in [0.15, 0.2) is 53.6 Å². The second-order valence-electron chi connectivity index (χ2n) is 8.54. The molecule has 4 rings (SSSR count). The van der Waals surface area contributed by atoms with Crippen LogP contribution in [0.1, 0.15) is 45.9 Å². The molecule has 1 aliphatic carbocycles. The summed E-state index contributed by atoms with van der Waals surface area (Å²) in [5, 5.41) is 6.67. The van der Waals surface area contributed by atoms with Crippen molar-refractivity contribution in [3.63, 3.8) is 0 Å². The summed E-state index contributed by atoms with van der Waals surface area (Å²) in [6, 6.07) is 13.0. The molecule has 156 valence electrons. The molecule has 0 N–H and O–H groups in total. The highest BCUT2D eigenvalue weighted by Gasteiger charge is 2.29. The molecule has 0 spiro atoms. The zero-order valence-corrected chi connectivity index (χ0v) is 19.6. The number of hydrogen-bond donors (Lipinski definition) is 0. The number of nitrogens with zero attached hydrogens (tertiary/aromatic N) is 3. The molecule has 0 radical (unpaired) electrons. The van der Waals surface area contributed by atoms with Gasteiger partial charge < -0.3 is 0 Å². The standard InChI is InChI=1S/C24H24Cl3N3/c1-15-5-4-12-24(2,3)19(15)14-22-28-23(16-6-8-17(25)9-7-16)30(29-22)21-11-10-18(26)13-20(21)27/h6-11,13H,4-5,12,14H2,1-3H3. The van der Waals surface area contributed by atoms with E-state index in [-0.39, 0.29) is 5.41 Å². The van der Waals surface area contributed by atoms with Crippen molar-refractivity contribution in [2.24, 2.45) is 5.41 Å². The van der Waals surface area contributed by atoms with E-state index < -0.39 is 0 Å². The maximum absolute atomic E-state index is 6.51. The Balaban J connectivity index is 1.83. The molecule has 1 heterocycles. The first kappa shape index (κ1) is 21.4. The first-order valence-electron chi connectivity index (χ1n) is 10.1. The van der Waals surface area contributed by atoms with Crippen molar-refractivity contribution in [1.82, 2.24) is 14.8 Å². The van der Waals surface area contributed by atoms with Crippen LogP contribution in [-0.4, -0.2) is 14.8 Å². The molecule has 6 heteroatoms. The second kappa shape index (κ2) is 8.37. The van der Waals surface area contributed by atoms with Crippen LogP contribution in [-0.2, 0) is 6.42 Å². The number of benzene rings is 2. The van der Waals surface area contributed by atoms with Gasteiger partial charge in [-0.25, -0.2) is 9.67 Å². The van der Waals surface area contributed by atoms with Gasteiger partial charge in [0.05, 0.1) is 10.7 Å². The van der Waals surface area contributed by atoms with Gasteiger partial charge in [0.2, 0.25) is 0 Å². The van der Waals surface area contributed by atoms with Gasteiger partial charge in [0.15, 0.2) is 11.6 Å². The van der Waals surface area contributed by atoms with Crippen LogP contribution in [0.5, 0.6) is 0 Å². The molecule has 0 saturated heterocycles. The Hall–Kier alpha value is -1.81. The Morgan fingerprint density at radius 2 is 1.70 bits per heavy atom. The zero-order valence-electron chi connectivity index (χ0n) is 17.3. The van der Waals surface area contributed by atoms with Gasteiger partial charge in [0.25, 0.3) is 0 Å². The SMILES string of the molecule is CC1=C(Cc2nc(-c3ccc(Cl)cc3)n(-c3ccc(Cl)cc3Cl)n2)C(C)(C)CCC1. The van der Waals surface area contributed by atoms with E-state index in [0.29, 0.717) is 15.1 Å².